The maximum Gasteiger partial charge on any atom is 0.162 e. The number of hydrogen-bond acceptors (Lipinski definition) is 3. The van der Waals surface area contributed by atoms with Crippen molar-refractivity contribution in [3.05, 3.63) is 35.9 Å². The van der Waals surface area contributed by atoms with Gasteiger partial charge in [-0.2, -0.15) is 0 Å². The summed E-state index contributed by atoms with van der Waals surface area (Å²) in [6, 6.07) is 11.1. The summed E-state index contributed by atoms with van der Waals surface area (Å²) in [5.41, 5.74) is 0.853. The molecule has 0 radical (unpaired) electrons. The lowest BCUT2D eigenvalue weighted by molar-refractivity contribution is 0.0578. The smallest absolute Gasteiger partial charge is 0.162 e. The zero-order chi connectivity index (χ0) is 14.7. The second-order valence-electron chi connectivity index (χ2n) is 6.53. The molecule has 0 amide bonds. The summed E-state index contributed by atoms with van der Waals surface area (Å²) >= 11 is 0. The Morgan fingerprint density at radius 3 is 2.86 bits per heavy atom. The van der Waals surface area contributed by atoms with Gasteiger partial charge in [0.25, 0.3) is 0 Å². The molecule has 2 aliphatic rings. The Hall–Kier alpha value is -1.19. The van der Waals surface area contributed by atoms with Crippen molar-refractivity contribution in [3.63, 3.8) is 0 Å². The molecule has 3 nitrogen and oxygen atoms in total. The first-order valence-corrected chi connectivity index (χ1v) is 8.30. The molecule has 0 spiro atoms. The van der Waals surface area contributed by atoms with Crippen LogP contribution in [0, 0.1) is 0 Å². The molecule has 1 aromatic carbocycles. The average Bonchev–Trinajstić information content (AvgIpc) is 2.95. The first-order valence-electron chi connectivity index (χ1n) is 8.30. The summed E-state index contributed by atoms with van der Waals surface area (Å²) in [6.45, 7) is 7.07. The van der Waals surface area contributed by atoms with E-state index in [0.29, 0.717) is 12.5 Å². The average molecular weight is 286 g/mol. The largest absolute Gasteiger partial charge is 0.298 e. The lowest BCUT2D eigenvalue weighted by Gasteiger charge is -2.42. The highest BCUT2D eigenvalue weighted by Gasteiger charge is 2.33. The van der Waals surface area contributed by atoms with Gasteiger partial charge in [-0.05, 0) is 39.3 Å². The highest BCUT2D eigenvalue weighted by molar-refractivity contribution is 5.95. The monoisotopic (exact) mass is 286 g/mol. The van der Waals surface area contributed by atoms with Crippen LogP contribution >= 0.6 is 0 Å². The molecule has 3 heteroatoms. The Morgan fingerprint density at radius 2 is 2.05 bits per heavy atom. The highest BCUT2D eigenvalue weighted by Crippen LogP contribution is 2.24. The zero-order valence-corrected chi connectivity index (χ0v) is 13.0. The minimum atomic E-state index is 0.280. The molecule has 3 rings (SSSR count). The summed E-state index contributed by atoms with van der Waals surface area (Å²) in [5, 5.41) is 0. The fraction of sp³-hybridized carbons (Fsp3) is 0.611. The van der Waals surface area contributed by atoms with Crippen LogP contribution in [0.3, 0.4) is 0 Å². The van der Waals surface area contributed by atoms with Gasteiger partial charge in [0.15, 0.2) is 5.78 Å². The van der Waals surface area contributed by atoms with Crippen LogP contribution in [-0.2, 0) is 0 Å². The number of rotatable bonds is 5. The second kappa shape index (κ2) is 6.71. The Labute approximate surface area is 127 Å². The minimum absolute atomic E-state index is 0.280. The van der Waals surface area contributed by atoms with Gasteiger partial charge < -0.3 is 0 Å². The van der Waals surface area contributed by atoms with Crippen LogP contribution in [0.5, 0.6) is 0 Å². The molecule has 0 aromatic heterocycles. The Balaban J connectivity index is 1.46. The number of ketones is 1. The fourth-order valence-corrected chi connectivity index (χ4v) is 3.77. The van der Waals surface area contributed by atoms with E-state index in [9.17, 15) is 4.79 Å². The Morgan fingerprint density at radius 1 is 1.24 bits per heavy atom. The van der Waals surface area contributed by atoms with Crippen LogP contribution in [0.15, 0.2) is 30.3 Å². The molecule has 2 fully saturated rings. The van der Waals surface area contributed by atoms with Gasteiger partial charge >= 0.3 is 0 Å². The van der Waals surface area contributed by atoms with E-state index in [-0.39, 0.29) is 5.78 Å². The predicted molar refractivity (Wildman–Crippen MR) is 85.6 cm³/mol. The number of hydrogen-bond donors (Lipinski definition) is 0. The van der Waals surface area contributed by atoms with Gasteiger partial charge in [0.2, 0.25) is 0 Å². The van der Waals surface area contributed by atoms with E-state index < -0.39 is 0 Å². The van der Waals surface area contributed by atoms with Gasteiger partial charge in [-0.25, -0.2) is 0 Å². The standard InChI is InChI=1S/C18H26N2O/c1-15-13-20-12-5-9-17(20)14-19(15)11-6-10-18(21)16-7-3-2-4-8-16/h2-4,7-8,15,17H,5-6,9-14H2,1H3. The molecule has 114 valence electrons. The van der Waals surface area contributed by atoms with E-state index in [1.165, 1.54) is 32.5 Å². The zero-order valence-electron chi connectivity index (χ0n) is 13.0. The number of piperazine rings is 1. The minimum Gasteiger partial charge on any atom is -0.298 e. The SMILES string of the molecule is CC1CN2CCCC2CN1CCCC(=O)c1ccccc1. The van der Waals surface area contributed by atoms with Crippen LogP contribution in [0.2, 0.25) is 0 Å². The summed E-state index contributed by atoms with van der Waals surface area (Å²) in [6.07, 6.45) is 4.36. The molecular weight excluding hydrogens is 260 g/mol. The Bertz CT molecular complexity index is 473. The normalized spacial score (nSPS) is 26.7. The van der Waals surface area contributed by atoms with Crippen molar-refractivity contribution in [2.75, 3.05) is 26.2 Å². The summed E-state index contributed by atoms with van der Waals surface area (Å²) in [4.78, 5) is 17.4. The summed E-state index contributed by atoms with van der Waals surface area (Å²) < 4.78 is 0. The molecule has 21 heavy (non-hydrogen) atoms. The van der Waals surface area contributed by atoms with Crippen molar-refractivity contribution in [2.24, 2.45) is 0 Å². The predicted octanol–water partition coefficient (Wildman–Crippen LogP) is 2.82. The first-order chi connectivity index (χ1) is 10.2. The maximum atomic E-state index is 12.1. The summed E-state index contributed by atoms with van der Waals surface area (Å²) in [5.74, 6) is 0.280. The topological polar surface area (TPSA) is 23.6 Å². The van der Waals surface area contributed by atoms with Crippen LogP contribution in [0.1, 0.15) is 43.0 Å². The molecular formula is C18H26N2O. The van der Waals surface area contributed by atoms with E-state index in [2.05, 4.69) is 16.7 Å². The van der Waals surface area contributed by atoms with E-state index in [1.54, 1.807) is 0 Å². The van der Waals surface area contributed by atoms with Crippen LogP contribution in [0.25, 0.3) is 0 Å². The van der Waals surface area contributed by atoms with Crippen molar-refractivity contribution in [2.45, 2.75) is 44.7 Å². The quantitative estimate of drug-likeness (QED) is 0.778. The fourth-order valence-electron chi connectivity index (χ4n) is 3.77. The lowest BCUT2D eigenvalue weighted by Crippen LogP contribution is -2.55. The number of Topliss-reactive ketones (excluding diaryl/α,β-unsaturated/α-hetero) is 1. The van der Waals surface area contributed by atoms with E-state index in [0.717, 1.165) is 24.6 Å². The van der Waals surface area contributed by atoms with Crippen LogP contribution < -0.4 is 0 Å². The van der Waals surface area contributed by atoms with Crippen molar-refractivity contribution < 1.29 is 4.79 Å². The Kier molecular flexibility index (Phi) is 4.71. The van der Waals surface area contributed by atoms with Gasteiger partial charge in [-0.3, -0.25) is 14.6 Å². The lowest BCUT2D eigenvalue weighted by atomic mass is 10.0. The molecule has 2 unspecified atom stereocenters. The van der Waals surface area contributed by atoms with Crippen LogP contribution in [0.4, 0.5) is 0 Å². The molecule has 1 aromatic rings. The van der Waals surface area contributed by atoms with E-state index in [4.69, 9.17) is 0 Å². The van der Waals surface area contributed by atoms with Gasteiger partial charge in [0.05, 0.1) is 0 Å². The summed E-state index contributed by atoms with van der Waals surface area (Å²) in [7, 11) is 0. The van der Waals surface area contributed by atoms with Crippen molar-refractivity contribution in [1.82, 2.24) is 9.80 Å². The molecule has 0 saturated carbocycles. The number of fused-ring (bicyclic) bond motifs is 1. The van der Waals surface area contributed by atoms with Crippen molar-refractivity contribution >= 4 is 5.78 Å². The van der Waals surface area contributed by atoms with Gasteiger partial charge in [0.1, 0.15) is 0 Å². The molecule has 0 N–H and O–H groups in total. The molecule has 2 heterocycles. The van der Waals surface area contributed by atoms with Gasteiger partial charge in [-0.15, -0.1) is 0 Å². The van der Waals surface area contributed by atoms with Gasteiger partial charge in [-0.1, -0.05) is 30.3 Å². The second-order valence-corrected chi connectivity index (χ2v) is 6.53. The number of carbonyl (C=O) groups excluding carboxylic acids is 1. The highest BCUT2D eigenvalue weighted by atomic mass is 16.1. The number of carbonyl (C=O) groups is 1. The van der Waals surface area contributed by atoms with Crippen LogP contribution in [-0.4, -0.2) is 53.8 Å². The third-order valence-electron chi connectivity index (χ3n) is 5.01. The molecule has 0 aliphatic carbocycles. The molecule has 0 bridgehead atoms. The molecule has 2 atom stereocenters. The maximum absolute atomic E-state index is 12.1. The van der Waals surface area contributed by atoms with Crippen molar-refractivity contribution in [1.29, 1.82) is 0 Å². The number of nitrogens with zero attached hydrogens (tertiary/aromatic N) is 2. The van der Waals surface area contributed by atoms with Crippen molar-refractivity contribution in [3.8, 4) is 0 Å². The molecule has 2 aliphatic heterocycles. The van der Waals surface area contributed by atoms with Gasteiger partial charge in [0, 0.05) is 37.2 Å². The third kappa shape index (κ3) is 3.53. The first kappa shape index (κ1) is 14.7. The third-order valence-corrected chi connectivity index (χ3v) is 5.01. The molecule has 2 saturated heterocycles. The van der Waals surface area contributed by atoms with E-state index >= 15 is 0 Å². The number of benzene rings is 1. The van der Waals surface area contributed by atoms with E-state index in [1.807, 2.05) is 30.3 Å².